The minimum atomic E-state index is -1.50. The zero-order valence-electron chi connectivity index (χ0n) is 22.3. The lowest BCUT2D eigenvalue weighted by Gasteiger charge is -2.34. The van der Waals surface area contributed by atoms with Crippen LogP contribution in [0.3, 0.4) is 0 Å². The van der Waals surface area contributed by atoms with Gasteiger partial charge in [0.25, 0.3) is 5.91 Å². The molecular formula is C28H33ClN4O6. The normalized spacial score (nSPS) is 12.4. The molecule has 0 saturated carbocycles. The zero-order valence-corrected chi connectivity index (χ0v) is 23.0. The second-order valence-corrected chi connectivity index (χ2v) is 10.1. The van der Waals surface area contributed by atoms with Crippen LogP contribution in [0.1, 0.15) is 49.9 Å². The number of primary amides is 1. The Morgan fingerprint density at radius 1 is 1.15 bits per heavy atom. The number of benzene rings is 2. The Morgan fingerprint density at radius 3 is 2.38 bits per heavy atom. The smallest absolute Gasteiger partial charge is 0.408 e. The SMILES string of the molecule is C#Cc1ccccc1C(C(=O)Nc1c(C)cccc1Cl)N(CCO)C(=O)C(CC(N)=O)NC(=O)OC(C)(C)C. The molecule has 0 fully saturated rings. The van der Waals surface area contributed by atoms with Crippen LogP contribution < -0.4 is 16.4 Å². The Morgan fingerprint density at radius 2 is 1.82 bits per heavy atom. The Kier molecular flexibility index (Phi) is 10.9. The van der Waals surface area contributed by atoms with Crippen LogP contribution in [-0.2, 0) is 19.1 Å². The fourth-order valence-corrected chi connectivity index (χ4v) is 4.09. The molecule has 2 unspecified atom stereocenters. The van der Waals surface area contributed by atoms with Gasteiger partial charge in [-0.1, -0.05) is 47.9 Å². The van der Waals surface area contributed by atoms with E-state index in [1.165, 1.54) is 0 Å². The molecule has 0 saturated heterocycles. The Hall–Kier alpha value is -4.07. The summed E-state index contributed by atoms with van der Waals surface area (Å²) < 4.78 is 5.23. The van der Waals surface area contributed by atoms with Crippen molar-refractivity contribution in [1.82, 2.24) is 10.2 Å². The number of rotatable bonds is 10. The summed E-state index contributed by atoms with van der Waals surface area (Å²) in [6.07, 6.45) is 4.14. The van der Waals surface area contributed by atoms with Crippen LogP contribution in [0.25, 0.3) is 0 Å². The summed E-state index contributed by atoms with van der Waals surface area (Å²) in [5.41, 5.74) is 6.05. The summed E-state index contributed by atoms with van der Waals surface area (Å²) in [5, 5.41) is 15.3. The predicted molar refractivity (Wildman–Crippen MR) is 148 cm³/mol. The van der Waals surface area contributed by atoms with E-state index < -0.39 is 54.5 Å². The molecule has 0 aliphatic heterocycles. The van der Waals surface area contributed by atoms with Crippen LogP contribution in [0.15, 0.2) is 42.5 Å². The Balaban J connectivity index is 2.61. The number of aliphatic hydroxyl groups is 1. The number of aliphatic hydroxyl groups excluding tert-OH is 1. The number of para-hydroxylation sites is 1. The van der Waals surface area contributed by atoms with Crippen molar-refractivity contribution in [2.75, 3.05) is 18.5 Å². The topological polar surface area (TPSA) is 151 Å². The van der Waals surface area contributed by atoms with E-state index in [1.54, 1.807) is 70.2 Å². The van der Waals surface area contributed by atoms with E-state index >= 15 is 0 Å². The monoisotopic (exact) mass is 556 g/mol. The molecule has 0 spiro atoms. The Bertz CT molecular complexity index is 1250. The molecular weight excluding hydrogens is 524 g/mol. The average Bonchev–Trinajstić information content (AvgIpc) is 2.84. The number of nitrogens with zero attached hydrogens (tertiary/aromatic N) is 1. The third kappa shape index (κ3) is 8.74. The molecule has 0 radical (unpaired) electrons. The minimum absolute atomic E-state index is 0.269. The van der Waals surface area contributed by atoms with Crippen molar-refractivity contribution in [1.29, 1.82) is 0 Å². The Labute approximate surface area is 232 Å². The number of anilines is 1. The highest BCUT2D eigenvalue weighted by Gasteiger charge is 2.38. The number of alkyl carbamates (subject to hydrolysis) is 1. The van der Waals surface area contributed by atoms with E-state index in [2.05, 4.69) is 16.6 Å². The van der Waals surface area contributed by atoms with E-state index in [1.807, 2.05) is 0 Å². The number of amides is 4. The first-order valence-electron chi connectivity index (χ1n) is 12.1. The molecule has 2 rings (SSSR count). The maximum atomic E-state index is 13.9. The number of carbonyl (C=O) groups is 4. The van der Waals surface area contributed by atoms with Gasteiger partial charge in [0.15, 0.2) is 0 Å². The summed E-state index contributed by atoms with van der Waals surface area (Å²) >= 11 is 6.32. The summed E-state index contributed by atoms with van der Waals surface area (Å²) in [5.74, 6) is 0.0649. The summed E-state index contributed by atoms with van der Waals surface area (Å²) in [6, 6.07) is 8.65. The molecule has 0 heterocycles. The van der Waals surface area contributed by atoms with Crippen LogP contribution in [-0.4, -0.2) is 58.6 Å². The summed E-state index contributed by atoms with van der Waals surface area (Å²) in [7, 11) is 0. The number of aryl methyl sites for hydroxylation is 1. The number of nitrogens with two attached hydrogens (primary N) is 1. The van der Waals surface area contributed by atoms with Crippen molar-refractivity contribution in [3.8, 4) is 12.3 Å². The third-order valence-electron chi connectivity index (χ3n) is 5.46. The molecule has 0 aromatic heterocycles. The van der Waals surface area contributed by atoms with Crippen molar-refractivity contribution in [3.63, 3.8) is 0 Å². The van der Waals surface area contributed by atoms with Gasteiger partial charge < -0.3 is 31.1 Å². The molecule has 39 heavy (non-hydrogen) atoms. The number of hydrogen-bond acceptors (Lipinski definition) is 6. The number of ether oxygens (including phenoxy) is 1. The molecule has 11 heteroatoms. The number of hydrogen-bond donors (Lipinski definition) is 4. The quantitative estimate of drug-likeness (QED) is 0.330. The molecule has 0 aliphatic rings. The molecule has 0 bridgehead atoms. The second-order valence-electron chi connectivity index (χ2n) is 9.68. The van der Waals surface area contributed by atoms with Gasteiger partial charge in [0.05, 0.1) is 23.7 Å². The first-order chi connectivity index (χ1) is 18.3. The fraction of sp³-hybridized carbons (Fsp3) is 0.357. The lowest BCUT2D eigenvalue weighted by atomic mass is 9.97. The van der Waals surface area contributed by atoms with Crippen LogP contribution in [0.5, 0.6) is 0 Å². The molecule has 4 amide bonds. The van der Waals surface area contributed by atoms with Crippen molar-refractivity contribution >= 4 is 41.1 Å². The summed E-state index contributed by atoms with van der Waals surface area (Å²) in [4.78, 5) is 53.1. The van der Waals surface area contributed by atoms with Gasteiger partial charge in [0.1, 0.15) is 17.7 Å². The predicted octanol–water partition coefficient (Wildman–Crippen LogP) is 2.90. The van der Waals surface area contributed by atoms with Gasteiger partial charge in [-0.25, -0.2) is 4.79 Å². The van der Waals surface area contributed by atoms with Gasteiger partial charge in [0.2, 0.25) is 11.8 Å². The zero-order chi connectivity index (χ0) is 29.3. The van der Waals surface area contributed by atoms with Crippen LogP contribution in [0, 0.1) is 19.3 Å². The van der Waals surface area contributed by atoms with Gasteiger partial charge in [-0.3, -0.25) is 14.4 Å². The van der Waals surface area contributed by atoms with E-state index in [9.17, 15) is 24.3 Å². The summed E-state index contributed by atoms with van der Waals surface area (Å²) in [6.45, 7) is 5.74. The van der Waals surface area contributed by atoms with E-state index in [4.69, 9.17) is 28.5 Å². The minimum Gasteiger partial charge on any atom is -0.444 e. The molecule has 2 atom stereocenters. The maximum absolute atomic E-state index is 13.9. The number of carbonyl (C=O) groups excluding carboxylic acids is 4. The van der Waals surface area contributed by atoms with Gasteiger partial charge >= 0.3 is 6.09 Å². The lowest BCUT2D eigenvalue weighted by molar-refractivity contribution is -0.142. The third-order valence-corrected chi connectivity index (χ3v) is 5.77. The van der Waals surface area contributed by atoms with Gasteiger partial charge in [0, 0.05) is 12.1 Å². The molecule has 10 nitrogen and oxygen atoms in total. The van der Waals surface area contributed by atoms with E-state index in [0.29, 0.717) is 16.8 Å². The maximum Gasteiger partial charge on any atom is 0.408 e. The van der Waals surface area contributed by atoms with E-state index in [0.717, 1.165) is 4.90 Å². The average molecular weight is 557 g/mol. The van der Waals surface area contributed by atoms with Gasteiger partial charge in [-0.05, 0) is 51.0 Å². The molecule has 2 aromatic carbocycles. The molecule has 2 aromatic rings. The van der Waals surface area contributed by atoms with Crippen molar-refractivity contribution in [2.24, 2.45) is 5.73 Å². The fourth-order valence-electron chi connectivity index (χ4n) is 3.82. The van der Waals surface area contributed by atoms with Crippen LogP contribution in [0.2, 0.25) is 5.02 Å². The van der Waals surface area contributed by atoms with Crippen LogP contribution >= 0.6 is 11.6 Å². The molecule has 0 aliphatic carbocycles. The number of nitrogens with one attached hydrogen (secondary N) is 2. The largest absolute Gasteiger partial charge is 0.444 e. The van der Waals surface area contributed by atoms with Gasteiger partial charge in [-0.2, -0.15) is 0 Å². The van der Waals surface area contributed by atoms with Crippen molar-refractivity contribution in [2.45, 2.75) is 51.8 Å². The van der Waals surface area contributed by atoms with Crippen molar-refractivity contribution < 1.29 is 29.0 Å². The van der Waals surface area contributed by atoms with Crippen molar-refractivity contribution in [3.05, 3.63) is 64.2 Å². The highest BCUT2D eigenvalue weighted by Crippen LogP contribution is 2.30. The first kappa shape index (κ1) is 31.1. The molecule has 5 N–H and O–H groups in total. The standard InChI is InChI=1S/C28H33ClN4O6/c1-6-18-11-7-8-12-19(18)24(25(36)32-23-17(2)10-9-13-20(23)29)33(14-15-34)26(37)21(16-22(30)35)31-27(38)39-28(3,4)5/h1,7-13,21,24,34H,14-16H2,2-5H3,(H2,30,35)(H,31,38)(H,32,36). The van der Waals surface area contributed by atoms with E-state index in [-0.39, 0.29) is 17.1 Å². The highest BCUT2D eigenvalue weighted by molar-refractivity contribution is 6.34. The number of halogens is 1. The molecule has 208 valence electrons. The first-order valence-corrected chi connectivity index (χ1v) is 12.5. The van der Waals surface area contributed by atoms with Gasteiger partial charge in [-0.15, -0.1) is 6.42 Å². The second kappa shape index (κ2) is 13.6. The van der Waals surface area contributed by atoms with Crippen LogP contribution in [0.4, 0.5) is 10.5 Å². The number of terminal acetylenes is 1. The lowest BCUT2D eigenvalue weighted by Crippen LogP contribution is -2.54. The highest BCUT2D eigenvalue weighted by atomic mass is 35.5.